The van der Waals surface area contributed by atoms with Crippen molar-refractivity contribution in [3.8, 4) is 5.75 Å². The number of fused-ring (bicyclic) bond motifs is 1. The number of carbonyl (C=O) groups is 1. The lowest BCUT2D eigenvalue weighted by Crippen LogP contribution is -2.23. The average Bonchev–Trinajstić information content (AvgIpc) is 2.95. The van der Waals surface area contributed by atoms with Gasteiger partial charge in [-0.15, -0.1) is 0 Å². The van der Waals surface area contributed by atoms with E-state index in [2.05, 4.69) is 10.1 Å². The van der Waals surface area contributed by atoms with Crippen LogP contribution in [0.15, 0.2) is 41.1 Å². The number of hydrogen-bond donors (Lipinski definition) is 1. The van der Waals surface area contributed by atoms with Crippen LogP contribution in [0.5, 0.6) is 5.75 Å². The molecule has 0 saturated carbocycles. The van der Waals surface area contributed by atoms with Crippen molar-refractivity contribution in [3.63, 3.8) is 0 Å². The Labute approximate surface area is 147 Å². The Kier molecular flexibility index (Phi) is 4.59. The van der Waals surface area contributed by atoms with E-state index in [0.29, 0.717) is 28.1 Å². The van der Waals surface area contributed by atoms with Crippen molar-refractivity contribution in [1.82, 2.24) is 10.1 Å². The fraction of sp³-hybridized carbons (Fsp3) is 0.235. The third-order valence-electron chi connectivity index (χ3n) is 3.59. The molecule has 0 spiro atoms. The highest BCUT2D eigenvalue weighted by molar-refractivity contribution is 6.22. The minimum Gasteiger partial charge on any atom is -0.481 e. The van der Waals surface area contributed by atoms with E-state index < -0.39 is 16.8 Å². The topological polar surface area (TPSA) is 85.5 Å². The molecule has 3 aromatic rings. The van der Waals surface area contributed by atoms with Gasteiger partial charge in [-0.3, -0.25) is 9.78 Å². The number of pyridine rings is 1. The SMILES string of the molecule is CC(Cl)(Oc1ccc2onc(CCC(=O)O)c2c1)c1ccc(F)cn1. The van der Waals surface area contributed by atoms with Crippen LogP contribution in [-0.2, 0) is 16.3 Å². The minimum absolute atomic E-state index is 0.0561. The molecule has 2 aromatic heterocycles. The summed E-state index contributed by atoms with van der Waals surface area (Å²) in [4.78, 5) is 14.7. The Hall–Kier alpha value is -2.67. The van der Waals surface area contributed by atoms with Crippen molar-refractivity contribution in [3.05, 3.63) is 53.7 Å². The minimum atomic E-state index is -1.31. The molecule has 0 aliphatic carbocycles. The summed E-state index contributed by atoms with van der Waals surface area (Å²) >= 11 is 6.39. The Morgan fingerprint density at radius 1 is 1.40 bits per heavy atom. The van der Waals surface area contributed by atoms with E-state index in [1.807, 2.05) is 0 Å². The zero-order valence-electron chi connectivity index (χ0n) is 13.2. The van der Waals surface area contributed by atoms with Crippen LogP contribution in [0.3, 0.4) is 0 Å². The Balaban J connectivity index is 1.86. The number of carboxylic acid groups (broad SMARTS) is 1. The van der Waals surface area contributed by atoms with Gasteiger partial charge >= 0.3 is 5.97 Å². The number of halogens is 2. The van der Waals surface area contributed by atoms with Crippen molar-refractivity contribution in [2.24, 2.45) is 0 Å². The van der Waals surface area contributed by atoms with Crippen LogP contribution in [0.4, 0.5) is 4.39 Å². The van der Waals surface area contributed by atoms with E-state index >= 15 is 0 Å². The number of nitrogens with zero attached hydrogens (tertiary/aromatic N) is 2. The van der Waals surface area contributed by atoms with E-state index in [0.717, 1.165) is 6.20 Å². The molecule has 6 nitrogen and oxygen atoms in total. The molecule has 0 aliphatic heterocycles. The second-order valence-electron chi connectivity index (χ2n) is 5.56. The average molecular weight is 365 g/mol. The largest absolute Gasteiger partial charge is 0.481 e. The fourth-order valence-corrected chi connectivity index (χ4v) is 2.55. The number of aliphatic carboxylic acids is 1. The molecule has 0 radical (unpaired) electrons. The predicted octanol–water partition coefficient (Wildman–Crippen LogP) is 3.87. The molecule has 0 bridgehead atoms. The summed E-state index contributed by atoms with van der Waals surface area (Å²) in [6.45, 7) is 1.60. The monoisotopic (exact) mass is 364 g/mol. The molecule has 25 heavy (non-hydrogen) atoms. The maximum Gasteiger partial charge on any atom is 0.303 e. The maximum absolute atomic E-state index is 13.0. The summed E-state index contributed by atoms with van der Waals surface area (Å²) in [6, 6.07) is 7.68. The first kappa shape index (κ1) is 17.2. The van der Waals surface area contributed by atoms with Gasteiger partial charge in [-0.25, -0.2) is 4.39 Å². The molecule has 3 rings (SSSR count). The summed E-state index contributed by atoms with van der Waals surface area (Å²) in [5.41, 5.74) is 1.40. The lowest BCUT2D eigenvalue weighted by molar-refractivity contribution is -0.136. The predicted molar refractivity (Wildman–Crippen MR) is 88.0 cm³/mol. The van der Waals surface area contributed by atoms with Crippen molar-refractivity contribution >= 4 is 28.5 Å². The summed E-state index contributed by atoms with van der Waals surface area (Å²) in [5.74, 6) is -0.958. The second-order valence-corrected chi connectivity index (χ2v) is 6.28. The number of aromatic nitrogens is 2. The number of hydrogen-bond acceptors (Lipinski definition) is 5. The highest BCUT2D eigenvalue weighted by Gasteiger charge is 2.28. The van der Waals surface area contributed by atoms with Gasteiger partial charge in [-0.2, -0.15) is 0 Å². The molecule has 0 fully saturated rings. The number of benzene rings is 1. The Morgan fingerprint density at radius 3 is 2.88 bits per heavy atom. The first-order chi connectivity index (χ1) is 11.8. The van der Waals surface area contributed by atoms with Gasteiger partial charge in [0.05, 0.1) is 24.0 Å². The summed E-state index contributed by atoms with van der Waals surface area (Å²) in [6.07, 6.45) is 1.25. The molecule has 2 heterocycles. The van der Waals surface area contributed by atoms with Gasteiger partial charge in [-0.1, -0.05) is 16.8 Å². The van der Waals surface area contributed by atoms with E-state index in [9.17, 15) is 9.18 Å². The molecule has 0 amide bonds. The lowest BCUT2D eigenvalue weighted by Gasteiger charge is -2.23. The number of carboxylic acids is 1. The summed E-state index contributed by atoms with van der Waals surface area (Å²) in [7, 11) is 0. The van der Waals surface area contributed by atoms with Gasteiger partial charge in [0.15, 0.2) is 5.58 Å². The van der Waals surface area contributed by atoms with Crippen molar-refractivity contribution in [1.29, 1.82) is 0 Å². The molecule has 0 aliphatic rings. The van der Waals surface area contributed by atoms with Crippen LogP contribution in [0.2, 0.25) is 0 Å². The van der Waals surface area contributed by atoms with Gasteiger partial charge < -0.3 is 14.4 Å². The van der Waals surface area contributed by atoms with Crippen LogP contribution < -0.4 is 4.74 Å². The third-order valence-corrected chi connectivity index (χ3v) is 3.86. The van der Waals surface area contributed by atoms with Crippen molar-refractivity contribution < 1.29 is 23.6 Å². The first-order valence-corrected chi connectivity index (χ1v) is 7.83. The van der Waals surface area contributed by atoms with Gasteiger partial charge in [0, 0.05) is 11.8 Å². The molecule has 1 unspecified atom stereocenters. The Morgan fingerprint density at radius 2 is 2.20 bits per heavy atom. The smallest absolute Gasteiger partial charge is 0.303 e. The Bertz CT molecular complexity index is 909. The van der Waals surface area contributed by atoms with Crippen molar-refractivity contribution in [2.45, 2.75) is 24.8 Å². The summed E-state index contributed by atoms with van der Waals surface area (Å²) in [5, 5.41) is 12.0. The number of rotatable bonds is 6. The van der Waals surface area contributed by atoms with Gasteiger partial charge in [0.2, 0.25) is 5.06 Å². The lowest BCUT2D eigenvalue weighted by atomic mass is 10.1. The molecular weight excluding hydrogens is 351 g/mol. The van der Waals surface area contributed by atoms with Gasteiger partial charge in [0.1, 0.15) is 11.6 Å². The van der Waals surface area contributed by atoms with Crippen LogP contribution >= 0.6 is 11.6 Å². The molecule has 130 valence electrons. The van der Waals surface area contributed by atoms with Crippen LogP contribution in [0.25, 0.3) is 11.0 Å². The first-order valence-electron chi connectivity index (χ1n) is 7.45. The quantitative estimate of drug-likeness (QED) is 0.668. The van der Waals surface area contributed by atoms with Crippen LogP contribution in [0.1, 0.15) is 24.7 Å². The molecule has 8 heteroatoms. The molecule has 1 N–H and O–H groups in total. The second kappa shape index (κ2) is 6.68. The maximum atomic E-state index is 13.0. The number of alkyl halides is 1. The third kappa shape index (κ3) is 3.88. The molecular formula is C17H14ClFN2O4. The van der Waals surface area contributed by atoms with E-state index in [4.69, 9.17) is 26.0 Å². The highest BCUT2D eigenvalue weighted by Crippen LogP contribution is 2.33. The van der Waals surface area contributed by atoms with E-state index in [1.54, 1.807) is 25.1 Å². The van der Waals surface area contributed by atoms with Gasteiger partial charge in [-0.05, 0) is 37.3 Å². The summed E-state index contributed by atoms with van der Waals surface area (Å²) < 4.78 is 24.0. The zero-order chi connectivity index (χ0) is 18.0. The van der Waals surface area contributed by atoms with Crippen LogP contribution in [0, 0.1) is 5.82 Å². The van der Waals surface area contributed by atoms with E-state index in [1.165, 1.54) is 12.1 Å². The normalized spacial score (nSPS) is 13.6. The van der Waals surface area contributed by atoms with E-state index in [-0.39, 0.29) is 12.8 Å². The number of aryl methyl sites for hydroxylation is 1. The van der Waals surface area contributed by atoms with Crippen molar-refractivity contribution in [2.75, 3.05) is 0 Å². The van der Waals surface area contributed by atoms with Gasteiger partial charge in [0.25, 0.3) is 0 Å². The standard InChI is InChI=1S/C17H14ClFN2O4/c1-17(18,15-6-2-10(19)9-20-15)24-11-3-5-14-12(8-11)13(21-25-14)4-7-16(22)23/h2-3,5-6,8-9H,4,7H2,1H3,(H,22,23). The molecule has 0 saturated heterocycles. The zero-order valence-corrected chi connectivity index (χ0v) is 14.0. The highest BCUT2D eigenvalue weighted by atomic mass is 35.5. The fourth-order valence-electron chi connectivity index (χ4n) is 2.35. The molecule has 1 atom stereocenters. The van der Waals surface area contributed by atoms with Crippen LogP contribution in [-0.4, -0.2) is 21.2 Å². The number of ether oxygens (including phenoxy) is 1. The molecule has 1 aromatic carbocycles.